The van der Waals surface area contributed by atoms with Crippen LogP contribution in [0.5, 0.6) is 5.75 Å². The van der Waals surface area contributed by atoms with Crippen molar-refractivity contribution in [2.75, 3.05) is 6.61 Å². The van der Waals surface area contributed by atoms with Gasteiger partial charge in [-0.05, 0) is 37.6 Å². The fourth-order valence-electron chi connectivity index (χ4n) is 1.79. The van der Waals surface area contributed by atoms with Crippen LogP contribution < -0.4 is 4.74 Å². The molecular weight excluding hydrogens is 236 g/mol. The van der Waals surface area contributed by atoms with E-state index in [4.69, 9.17) is 4.74 Å². The van der Waals surface area contributed by atoms with Crippen LogP contribution in [-0.4, -0.2) is 12.4 Å². The molecule has 0 aliphatic heterocycles. The Hall–Kier alpha value is -2.09. The summed E-state index contributed by atoms with van der Waals surface area (Å²) in [5.74, 6) is 0.851. The molecule has 0 atom stereocenters. The molecule has 0 N–H and O–H groups in total. The van der Waals surface area contributed by atoms with Crippen LogP contribution in [0.2, 0.25) is 0 Å². The summed E-state index contributed by atoms with van der Waals surface area (Å²) in [6.07, 6.45) is 0.976. The van der Waals surface area contributed by atoms with Crippen LogP contribution >= 0.6 is 0 Å². The standard InChI is InChI=1S/C17H18O2/c1-3-12-19-16-10-8-15(9-11-16)17(18)14-6-4-13(2)5-7-14/h4-11H,3,12H2,1-2H3. The second kappa shape index (κ2) is 6.19. The van der Waals surface area contributed by atoms with Crippen LogP contribution in [0.25, 0.3) is 0 Å². The third-order valence-electron chi connectivity index (χ3n) is 2.90. The predicted molar refractivity (Wildman–Crippen MR) is 76.8 cm³/mol. The van der Waals surface area contributed by atoms with E-state index in [1.165, 1.54) is 0 Å². The first kappa shape index (κ1) is 13.3. The number of hydrogen-bond donors (Lipinski definition) is 0. The molecule has 98 valence electrons. The fourth-order valence-corrected chi connectivity index (χ4v) is 1.79. The second-order valence-corrected chi connectivity index (χ2v) is 4.57. The summed E-state index contributed by atoms with van der Waals surface area (Å²) in [7, 11) is 0. The summed E-state index contributed by atoms with van der Waals surface area (Å²) in [6, 6.07) is 14.9. The van der Waals surface area contributed by atoms with Gasteiger partial charge in [0.1, 0.15) is 5.75 Å². The Kier molecular flexibility index (Phi) is 4.35. The van der Waals surface area contributed by atoms with Crippen molar-refractivity contribution in [1.29, 1.82) is 0 Å². The van der Waals surface area contributed by atoms with Gasteiger partial charge in [-0.2, -0.15) is 0 Å². The van der Waals surface area contributed by atoms with Crippen molar-refractivity contribution in [3.05, 3.63) is 65.2 Å². The summed E-state index contributed by atoms with van der Waals surface area (Å²) < 4.78 is 5.50. The number of ether oxygens (including phenoxy) is 1. The Morgan fingerprint density at radius 1 is 0.947 bits per heavy atom. The molecule has 0 aliphatic rings. The maximum Gasteiger partial charge on any atom is 0.193 e. The van der Waals surface area contributed by atoms with E-state index >= 15 is 0 Å². The van der Waals surface area contributed by atoms with E-state index in [-0.39, 0.29) is 5.78 Å². The minimum Gasteiger partial charge on any atom is -0.494 e. The van der Waals surface area contributed by atoms with Crippen LogP contribution in [-0.2, 0) is 0 Å². The van der Waals surface area contributed by atoms with Gasteiger partial charge in [0.05, 0.1) is 6.61 Å². The number of rotatable bonds is 5. The fraction of sp³-hybridized carbons (Fsp3) is 0.235. The third kappa shape index (κ3) is 3.44. The Balaban J connectivity index is 2.13. The van der Waals surface area contributed by atoms with E-state index in [9.17, 15) is 4.79 Å². The summed E-state index contributed by atoms with van der Waals surface area (Å²) in [6.45, 7) is 4.77. The number of benzene rings is 2. The van der Waals surface area contributed by atoms with Crippen molar-refractivity contribution in [3.63, 3.8) is 0 Å². The number of aryl methyl sites for hydroxylation is 1. The van der Waals surface area contributed by atoms with Gasteiger partial charge in [-0.1, -0.05) is 36.8 Å². The van der Waals surface area contributed by atoms with Crippen LogP contribution in [0, 0.1) is 6.92 Å². The van der Waals surface area contributed by atoms with Gasteiger partial charge in [0.15, 0.2) is 5.78 Å². The van der Waals surface area contributed by atoms with E-state index in [0.717, 1.165) is 17.7 Å². The van der Waals surface area contributed by atoms with Crippen LogP contribution in [0.3, 0.4) is 0 Å². The SMILES string of the molecule is CCCOc1ccc(C(=O)c2ccc(C)cc2)cc1. The third-order valence-corrected chi connectivity index (χ3v) is 2.90. The zero-order chi connectivity index (χ0) is 13.7. The van der Waals surface area contributed by atoms with Crippen molar-refractivity contribution in [2.45, 2.75) is 20.3 Å². The van der Waals surface area contributed by atoms with Gasteiger partial charge < -0.3 is 4.74 Å². The Morgan fingerprint density at radius 2 is 1.47 bits per heavy atom. The Labute approximate surface area is 114 Å². The van der Waals surface area contributed by atoms with Crippen molar-refractivity contribution < 1.29 is 9.53 Å². The number of hydrogen-bond acceptors (Lipinski definition) is 2. The molecule has 0 fully saturated rings. The smallest absolute Gasteiger partial charge is 0.193 e. The lowest BCUT2D eigenvalue weighted by molar-refractivity contribution is 0.103. The highest BCUT2D eigenvalue weighted by Gasteiger charge is 2.08. The molecule has 2 aromatic carbocycles. The summed E-state index contributed by atoms with van der Waals surface area (Å²) in [5.41, 5.74) is 2.56. The van der Waals surface area contributed by atoms with Crippen molar-refractivity contribution >= 4 is 5.78 Å². The summed E-state index contributed by atoms with van der Waals surface area (Å²) in [4.78, 5) is 12.2. The largest absolute Gasteiger partial charge is 0.494 e. The van der Waals surface area contributed by atoms with Crippen LogP contribution in [0.15, 0.2) is 48.5 Å². The lowest BCUT2D eigenvalue weighted by Gasteiger charge is -2.06. The quantitative estimate of drug-likeness (QED) is 0.753. The topological polar surface area (TPSA) is 26.3 Å². The minimum absolute atomic E-state index is 0.0436. The molecule has 2 nitrogen and oxygen atoms in total. The number of carbonyl (C=O) groups is 1. The number of ketones is 1. The lowest BCUT2D eigenvalue weighted by Crippen LogP contribution is -2.01. The Morgan fingerprint density at radius 3 is 2.00 bits per heavy atom. The van der Waals surface area contributed by atoms with Crippen molar-refractivity contribution in [3.8, 4) is 5.75 Å². The molecule has 2 aromatic rings. The molecule has 0 aromatic heterocycles. The molecule has 0 saturated carbocycles. The molecule has 0 saturated heterocycles. The molecule has 0 amide bonds. The second-order valence-electron chi connectivity index (χ2n) is 4.57. The van der Waals surface area contributed by atoms with E-state index in [2.05, 4.69) is 6.92 Å². The van der Waals surface area contributed by atoms with Crippen LogP contribution in [0.4, 0.5) is 0 Å². The predicted octanol–water partition coefficient (Wildman–Crippen LogP) is 4.01. The van der Waals surface area contributed by atoms with Gasteiger partial charge in [-0.25, -0.2) is 0 Å². The first-order chi connectivity index (χ1) is 9.20. The van der Waals surface area contributed by atoms with Crippen molar-refractivity contribution in [1.82, 2.24) is 0 Å². The lowest BCUT2D eigenvalue weighted by atomic mass is 10.0. The molecule has 0 heterocycles. The van der Waals surface area contributed by atoms with E-state index in [1.807, 2.05) is 55.5 Å². The molecular formula is C17H18O2. The van der Waals surface area contributed by atoms with Gasteiger partial charge in [-0.3, -0.25) is 4.79 Å². The molecule has 19 heavy (non-hydrogen) atoms. The average Bonchev–Trinajstić information content (AvgIpc) is 2.46. The molecule has 0 radical (unpaired) electrons. The van der Waals surface area contributed by atoms with Crippen molar-refractivity contribution in [2.24, 2.45) is 0 Å². The first-order valence-corrected chi connectivity index (χ1v) is 6.55. The van der Waals surface area contributed by atoms with Gasteiger partial charge in [0.2, 0.25) is 0 Å². The zero-order valence-electron chi connectivity index (χ0n) is 11.3. The molecule has 2 rings (SSSR count). The molecule has 0 unspecified atom stereocenters. The van der Waals surface area contributed by atoms with Gasteiger partial charge in [0.25, 0.3) is 0 Å². The van der Waals surface area contributed by atoms with Gasteiger partial charge >= 0.3 is 0 Å². The summed E-state index contributed by atoms with van der Waals surface area (Å²) >= 11 is 0. The average molecular weight is 254 g/mol. The maximum atomic E-state index is 12.2. The molecule has 2 heteroatoms. The molecule has 0 bridgehead atoms. The van der Waals surface area contributed by atoms with E-state index < -0.39 is 0 Å². The first-order valence-electron chi connectivity index (χ1n) is 6.55. The number of carbonyl (C=O) groups excluding carboxylic acids is 1. The monoisotopic (exact) mass is 254 g/mol. The highest BCUT2D eigenvalue weighted by atomic mass is 16.5. The normalized spacial score (nSPS) is 10.2. The Bertz CT molecular complexity index is 538. The van der Waals surface area contributed by atoms with Gasteiger partial charge in [-0.15, -0.1) is 0 Å². The summed E-state index contributed by atoms with van der Waals surface area (Å²) in [5, 5.41) is 0. The van der Waals surface area contributed by atoms with Gasteiger partial charge in [0, 0.05) is 11.1 Å². The zero-order valence-corrected chi connectivity index (χ0v) is 11.3. The minimum atomic E-state index is 0.0436. The molecule has 0 aliphatic carbocycles. The maximum absolute atomic E-state index is 12.2. The van der Waals surface area contributed by atoms with E-state index in [0.29, 0.717) is 17.7 Å². The highest BCUT2D eigenvalue weighted by Crippen LogP contribution is 2.16. The molecule has 0 spiro atoms. The van der Waals surface area contributed by atoms with E-state index in [1.54, 1.807) is 0 Å². The highest BCUT2D eigenvalue weighted by molar-refractivity contribution is 6.09. The van der Waals surface area contributed by atoms with Crippen LogP contribution in [0.1, 0.15) is 34.8 Å².